The van der Waals surface area contributed by atoms with Crippen LogP contribution in [-0.2, 0) is 0 Å². The van der Waals surface area contributed by atoms with E-state index >= 15 is 0 Å². The highest BCUT2D eigenvalue weighted by Crippen LogP contribution is 2.39. The van der Waals surface area contributed by atoms with E-state index in [0.29, 0.717) is 0 Å². The Bertz CT molecular complexity index is 1110. The highest BCUT2D eigenvalue weighted by atomic mass is 32.2. The minimum atomic E-state index is 0.116. The molecule has 1 heterocycles. The van der Waals surface area contributed by atoms with Gasteiger partial charge in [-0.2, -0.15) is 0 Å². The maximum Gasteiger partial charge on any atom is 0.253 e. The number of rotatable bonds is 5. The van der Waals surface area contributed by atoms with Gasteiger partial charge in [0, 0.05) is 52.1 Å². The number of carbonyl (C=O) groups excluding carboxylic acids is 1. The lowest BCUT2D eigenvalue weighted by Crippen LogP contribution is -2.46. The van der Waals surface area contributed by atoms with Crippen LogP contribution in [0.25, 0.3) is 0 Å². The second-order valence-electron chi connectivity index (χ2n) is 8.26. The van der Waals surface area contributed by atoms with Crippen LogP contribution in [0.15, 0.2) is 75.4 Å². The molecule has 1 saturated heterocycles. The Morgan fingerprint density at radius 2 is 1.47 bits per heavy atom. The van der Waals surface area contributed by atoms with Crippen LogP contribution in [0, 0.1) is 20.8 Å². The summed E-state index contributed by atoms with van der Waals surface area (Å²) in [5.74, 6) is 0.116. The molecule has 4 rings (SSSR count). The maximum absolute atomic E-state index is 12.8. The van der Waals surface area contributed by atoms with Gasteiger partial charge in [-0.1, -0.05) is 41.6 Å². The van der Waals surface area contributed by atoms with Crippen LogP contribution in [0.2, 0.25) is 0 Å². The summed E-state index contributed by atoms with van der Waals surface area (Å²) < 4.78 is 2.33. The first kappa shape index (κ1) is 22.8. The first-order valence-corrected chi connectivity index (χ1v) is 12.4. The molecule has 3 aromatic carbocycles. The molecule has 0 atom stereocenters. The summed E-state index contributed by atoms with van der Waals surface area (Å²) >= 11 is 3.53. The molecule has 6 heteroatoms. The van der Waals surface area contributed by atoms with Crippen molar-refractivity contribution in [2.24, 2.45) is 0 Å². The topological polar surface area (TPSA) is 49.6 Å². The van der Waals surface area contributed by atoms with Crippen LogP contribution in [0.1, 0.15) is 27.0 Å². The smallest absolute Gasteiger partial charge is 0.253 e. The van der Waals surface area contributed by atoms with Crippen molar-refractivity contribution in [3.05, 3.63) is 82.9 Å². The summed E-state index contributed by atoms with van der Waals surface area (Å²) in [6.07, 6.45) is 0. The molecule has 2 N–H and O–H groups in total. The van der Waals surface area contributed by atoms with Gasteiger partial charge < -0.3 is 10.6 Å². The quantitative estimate of drug-likeness (QED) is 0.382. The van der Waals surface area contributed by atoms with E-state index in [4.69, 9.17) is 5.73 Å². The standard InChI is InChI=1S/C26H29N3OS2/c1-18-5-8-21(9-6-18)26(30)28-12-14-29(15-13-28)32-25-17-22(27)10-11-23(25)31-24-16-19(2)4-7-20(24)3/h4-11,16-17H,12-15,27H2,1-3H3. The van der Waals surface area contributed by atoms with Gasteiger partial charge in [0.25, 0.3) is 5.91 Å². The molecule has 0 aliphatic carbocycles. The van der Waals surface area contributed by atoms with Crippen molar-refractivity contribution in [2.45, 2.75) is 35.5 Å². The number of nitrogens with two attached hydrogens (primary N) is 1. The minimum absolute atomic E-state index is 0.116. The van der Waals surface area contributed by atoms with E-state index < -0.39 is 0 Å². The van der Waals surface area contributed by atoms with Crippen molar-refractivity contribution in [3.63, 3.8) is 0 Å². The van der Waals surface area contributed by atoms with E-state index in [1.807, 2.05) is 42.2 Å². The lowest BCUT2D eigenvalue weighted by Gasteiger charge is -2.34. The highest BCUT2D eigenvalue weighted by molar-refractivity contribution is 8.01. The van der Waals surface area contributed by atoms with E-state index in [-0.39, 0.29) is 5.91 Å². The molecular weight excluding hydrogens is 434 g/mol. The number of piperazine rings is 1. The Balaban J connectivity index is 1.42. The Morgan fingerprint density at radius 3 is 2.19 bits per heavy atom. The van der Waals surface area contributed by atoms with Crippen molar-refractivity contribution in [3.8, 4) is 0 Å². The normalized spacial score (nSPS) is 14.5. The van der Waals surface area contributed by atoms with Crippen molar-refractivity contribution in [1.82, 2.24) is 9.21 Å². The average molecular weight is 464 g/mol. The summed E-state index contributed by atoms with van der Waals surface area (Å²) in [6, 6.07) is 20.5. The predicted octanol–water partition coefficient (Wildman–Crippen LogP) is 5.81. The number of nitrogens with zero attached hydrogens (tertiary/aromatic N) is 2. The van der Waals surface area contributed by atoms with Gasteiger partial charge >= 0.3 is 0 Å². The SMILES string of the molecule is Cc1ccc(C(=O)N2CCN(Sc3cc(N)ccc3Sc3cc(C)ccc3C)CC2)cc1. The molecule has 0 aromatic heterocycles. The van der Waals surface area contributed by atoms with E-state index in [1.165, 1.54) is 26.5 Å². The molecule has 0 spiro atoms. The molecule has 1 amide bonds. The van der Waals surface area contributed by atoms with Crippen molar-refractivity contribution < 1.29 is 4.79 Å². The summed E-state index contributed by atoms with van der Waals surface area (Å²) in [4.78, 5) is 18.4. The fraction of sp³-hybridized carbons (Fsp3) is 0.269. The Labute approximate surface area is 199 Å². The van der Waals surface area contributed by atoms with Crippen molar-refractivity contribution in [2.75, 3.05) is 31.9 Å². The molecule has 0 unspecified atom stereocenters. The van der Waals surface area contributed by atoms with Gasteiger partial charge in [0.1, 0.15) is 0 Å². The molecule has 0 saturated carbocycles. The third kappa shape index (κ3) is 5.49. The number of hydrogen-bond acceptors (Lipinski definition) is 5. The lowest BCUT2D eigenvalue weighted by atomic mass is 10.1. The van der Waals surface area contributed by atoms with Gasteiger partial charge in [-0.05, 0) is 80.2 Å². The van der Waals surface area contributed by atoms with Gasteiger partial charge in [-0.3, -0.25) is 4.79 Å². The van der Waals surface area contributed by atoms with E-state index in [1.54, 1.807) is 23.7 Å². The van der Waals surface area contributed by atoms with Gasteiger partial charge in [-0.25, -0.2) is 4.31 Å². The van der Waals surface area contributed by atoms with Gasteiger partial charge in [-0.15, -0.1) is 0 Å². The molecule has 1 aliphatic rings. The fourth-order valence-corrected chi connectivity index (χ4v) is 5.83. The van der Waals surface area contributed by atoms with Crippen LogP contribution in [0.4, 0.5) is 5.69 Å². The van der Waals surface area contributed by atoms with Crippen LogP contribution in [-0.4, -0.2) is 41.3 Å². The summed E-state index contributed by atoms with van der Waals surface area (Å²) in [5.41, 5.74) is 11.4. The molecule has 4 nitrogen and oxygen atoms in total. The van der Waals surface area contributed by atoms with E-state index in [2.05, 4.69) is 48.5 Å². The van der Waals surface area contributed by atoms with E-state index in [0.717, 1.165) is 42.3 Å². The van der Waals surface area contributed by atoms with Gasteiger partial charge in [0.05, 0.1) is 0 Å². The number of benzene rings is 3. The number of aryl methyl sites for hydroxylation is 3. The monoisotopic (exact) mass is 463 g/mol. The molecule has 0 radical (unpaired) electrons. The zero-order chi connectivity index (χ0) is 22.7. The third-order valence-electron chi connectivity index (χ3n) is 5.58. The minimum Gasteiger partial charge on any atom is -0.399 e. The molecule has 0 bridgehead atoms. The van der Waals surface area contributed by atoms with Gasteiger partial charge in [0.15, 0.2) is 0 Å². The van der Waals surface area contributed by atoms with Gasteiger partial charge in [0.2, 0.25) is 0 Å². The van der Waals surface area contributed by atoms with Crippen molar-refractivity contribution in [1.29, 1.82) is 0 Å². The van der Waals surface area contributed by atoms with Crippen molar-refractivity contribution >= 4 is 35.3 Å². The lowest BCUT2D eigenvalue weighted by molar-refractivity contribution is 0.0704. The number of nitrogen functional groups attached to an aromatic ring is 1. The second kappa shape index (κ2) is 10.0. The molecule has 32 heavy (non-hydrogen) atoms. The molecule has 166 valence electrons. The Morgan fingerprint density at radius 1 is 0.781 bits per heavy atom. The first-order valence-electron chi connectivity index (χ1n) is 10.8. The summed E-state index contributed by atoms with van der Waals surface area (Å²) in [6.45, 7) is 9.40. The fourth-order valence-electron chi connectivity index (χ4n) is 3.62. The average Bonchev–Trinajstić information content (AvgIpc) is 2.78. The second-order valence-corrected chi connectivity index (χ2v) is 10.5. The number of carbonyl (C=O) groups is 1. The van der Waals surface area contributed by atoms with Crippen LogP contribution in [0.3, 0.4) is 0 Å². The zero-order valence-corrected chi connectivity index (χ0v) is 20.4. The van der Waals surface area contributed by atoms with Crippen LogP contribution < -0.4 is 5.73 Å². The third-order valence-corrected chi connectivity index (χ3v) is 8.11. The molecule has 1 aliphatic heterocycles. The van der Waals surface area contributed by atoms with E-state index in [9.17, 15) is 4.79 Å². The highest BCUT2D eigenvalue weighted by Gasteiger charge is 2.23. The zero-order valence-electron chi connectivity index (χ0n) is 18.8. The molecule has 1 fully saturated rings. The predicted molar refractivity (Wildman–Crippen MR) is 135 cm³/mol. The van der Waals surface area contributed by atoms with Crippen LogP contribution in [0.5, 0.6) is 0 Å². The number of hydrogen-bond donors (Lipinski definition) is 1. The summed E-state index contributed by atoms with van der Waals surface area (Å²) in [7, 11) is 0. The molecule has 3 aromatic rings. The largest absolute Gasteiger partial charge is 0.399 e. The van der Waals surface area contributed by atoms with Crippen LogP contribution >= 0.6 is 23.7 Å². The summed E-state index contributed by atoms with van der Waals surface area (Å²) in [5, 5.41) is 0. The Hall–Kier alpha value is -2.41. The number of anilines is 1. The first-order chi connectivity index (χ1) is 15.4. The Kier molecular flexibility index (Phi) is 7.13. The maximum atomic E-state index is 12.8. The number of amides is 1. The molecular formula is C26H29N3OS2.